The van der Waals surface area contributed by atoms with Gasteiger partial charge < -0.3 is 9.30 Å². The predicted molar refractivity (Wildman–Crippen MR) is 81.2 cm³/mol. The van der Waals surface area contributed by atoms with Crippen LogP contribution in [0.1, 0.15) is 6.92 Å². The van der Waals surface area contributed by atoms with Gasteiger partial charge in [0.05, 0.1) is 7.11 Å². The standard InChI is InChI=1S/C16H17O3P/c1-13(16(17)19-2)20(18,14-9-5-3-6-10-14)15-11-7-4-8-12-15/h3-13H,1-2H3/t13-/m1/s1. The number of ether oxygens (including phenoxy) is 1. The molecule has 0 saturated carbocycles. The average Bonchev–Trinajstić information content (AvgIpc) is 2.54. The Morgan fingerprint density at radius 3 is 1.70 bits per heavy atom. The molecule has 0 aromatic heterocycles. The van der Waals surface area contributed by atoms with Crippen molar-refractivity contribution < 1.29 is 14.1 Å². The summed E-state index contributed by atoms with van der Waals surface area (Å²) in [5.41, 5.74) is -0.711. The SMILES string of the molecule is COC(=O)[C@@H](C)P(=O)(c1ccccc1)c1ccccc1. The van der Waals surface area contributed by atoms with Crippen molar-refractivity contribution in [2.45, 2.75) is 12.6 Å². The highest BCUT2D eigenvalue weighted by atomic mass is 31.2. The maximum absolute atomic E-state index is 13.6. The summed E-state index contributed by atoms with van der Waals surface area (Å²) >= 11 is 0. The van der Waals surface area contributed by atoms with Gasteiger partial charge in [-0.2, -0.15) is 0 Å². The van der Waals surface area contributed by atoms with Crippen LogP contribution in [0.5, 0.6) is 0 Å². The molecule has 0 N–H and O–H groups in total. The fourth-order valence-corrected chi connectivity index (χ4v) is 5.04. The summed E-state index contributed by atoms with van der Waals surface area (Å²) in [6.45, 7) is 1.66. The van der Waals surface area contributed by atoms with Crippen molar-refractivity contribution in [1.82, 2.24) is 0 Å². The lowest BCUT2D eigenvalue weighted by Gasteiger charge is -2.24. The first-order chi connectivity index (χ1) is 9.60. The van der Waals surface area contributed by atoms with E-state index in [1.165, 1.54) is 7.11 Å². The van der Waals surface area contributed by atoms with Gasteiger partial charge in [-0.25, -0.2) is 0 Å². The summed E-state index contributed by atoms with van der Waals surface area (Å²) < 4.78 is 18.4. The lowest BCUT2D eigenvalue weighted by atomic mass is 10.4. The second-order valence-corrected chi connectivity index (χ2v) is 7.65. The second kappa shape index (κ2) is 6.06. The molecule has 2 aromatic rings. The fraction of sp³-hybridized carbons (Fsp3) is 0.188. The molecule has 4 heteroatoms. The van der Waals surface area contributed by atoms with Gasteiger partial charge in [-0.15, -0.1) is 0 Å². The van der Waals surface area contributed by atoms with E-state index in [1.807, 2.05) is 36.4 Å². The summed E-state index contributed by atoms with van der Waals surface area (Å²) in [6.07, 6.45) is 0. The number of benzene rings is 2. The van der Waals surface area contributed by atoms with E-state index in [0.29, 0.717) is 10.6 Å². The second-order valence-electron chi connectivity index (χ2n) is 4.53. The number of carbonyl (C=O) groups excluding carboxylic acids is 1. The molecule has 0 saturated heterocycles. The highest BCUT2D eigenvalue weighted by Crippen LogP contribution is 2.48. The molecule has 1 atom stereocenters. The molecule has 20 heavy (non-hydrogen) atoms. The minimum atomic E-state index is -3.06. The maximum atomic E-state index is 13.6. The van der Waals surface area contributed by atoms with E-state index in [0.717, 1.165) is 0 Å². The molecule has 0 amide bonds. The molecule has 2 rings (SSSR count). The molecule has 0 spiro atoms. The maximum Gasteiger partial charge on any atom is 0.316 e. The Kier molecular flexibility index (Phi) is 4.41. The molecule has 0 fully saturated rings. The number of rotatable bonds is 4. The lowest BCUT2D eigenvalue weighted by molar-refractivity contribution is -0.139. The number of hydrogen-bond acceptors (Lipinski definition) is 3. The number of methoxy groups -OCH3 is 1. The van der Waals surface area contributed by atoms with Crippen molar-refractivity contribution in [2.75, 3.05) is 7.11 Å². The molecule has 0 radical (unpaired) electrons. The topological polar surface area (TPSA) is 43.4 Å². The van der Waals surface area contributed by atoms with Crippen LogP contribution >= 0.6 is 7.14 Å². The van der Waals surface area contributed by atoms with Crippen molar-refractivity contribution in [3.05, 3.63) is 60.7 Å². The summed E-state index contributed by atoms with van der Waals surface area (Å²) in [5, 5.41) is 1.34. The van der Waals surface area contributed by atoms with Gasteiger partial charge in [0.15, 0.2) is 7.14 Å². The molecule has 0 aliphatic rings. The van der Waals surface area contributed by atoms with Gasteiger partial charge in [0, 0.05) is 10.6 Å². The van der Waals surface area contributed by atoms with Crippen LogP contribution in [-0.4, -0.2) is 18.7 Å². The van der Waals surface area contributed by atoms with E-state index in [2.05, 4.69) is 0 Å². The van der Waals surface area contributed by atoms with Crippen molar-refractivity contribution in [3.8, 4) is 0 Å². The van der Waals surface area contributed by atoms with Crippen LogP contribution in [-0.2, 0) is 14.1 Å². The van der Waals surface area contributed by atoms with Crippen LogP contribution in [0.4, 0.5) is 0 Å². The van der Waals surface area contributed by atoms with Crippen molar-refractivity contribution >= 4 is 23.7 Å². The van der Waals surface area contributed by atoms with Gasteiger partial charge in [0.25, 0.3) is 0 Å². The van der Waals surface area contributed by atoms with Crippen molar-refractivity contribution in [3.63, 3.8) is 0 Å². The Balaban J connectivity index is 2.61. The quantitative estimate of drug-likeness (QED) is 0.641. The average molecular weight is 288 g/mol. The first-order valence-electron chi connectivity index (χ1n) is 6.39. The summed E-state index contributed by atoms with van der Waals surface area (Å²) in [6, 6.07) is 18.2. The predicted octanol–water partition coefficient (Wildman–Crippen LogP) is 2.56. The normalized spacial score (nSPS) is 12.7. The molecule has 0 heterocycles. The van der Waals surface area contributed by atoms with Crippen molar-refractivity contribution in [2.24, 2.45) is 0 Å². The third kappa shape index (κ3) is 2.54. The van der Waals surface area contributed by atoms with E-state index in [9.17, 15) is 9.36 Å². The Hall–Kier alpha value is -1.86. The van der Waals surface area contributed by atoms with Gasteiger partial charge in [-0.05, 0) is 6.92 Å². The largest absolute Gasteiger partial charge is 0.468 e. The Labute approximate surface area is 119 Å². The fourth-order valence-electron chi connectivity index (χ4n) is 2.21. The van der Waals surface area contributed by atoms with Gasteiger partial charge in [-0.1, -0.05) is 60.7 Å². The van der Waals surface area contributed by atoms with Crippen LogP contribution in [0.3, 0.4) is 0 Å². The molecular weight excluding hydrogens is 271 g/mol. The van der Waals surface area contributed by atoms with Crippen LogP contribution in [0, 0.1) is 0 Å². The van der Waals surface area contributed by atoms with Crippen LogP contribution < -0.4 is 10.6 Å². The molecule has 104 valence electrons. The highest BCUT2D eigenvalue weighted by Gasteiger charge is 2.38. The van der Waals surface area contributed by atoms with Crippen molar-refractivity contribution in [1.29, 1.82) is 0 Å². The Morgan fingerprint density at radius 1 is 0.950 bits per heavy atom. The van der Waals surface area contributed by atoms with Gasteiger partial charge in [-0.3, -0.25) is 4.79 Å². The number of hydrogen-bond donors (Lipinski definition) is 0. The minimum absolute atomic E-state index is 0.457. The molecule has 0 unspecified atom stereocenters. The van der Waals surface area contributed by atoms with Crippen LogP contribution in [0.15, 0.2) is 60.7 Å². The van der Waals surface area contributed by atoms with E-state index in [1.54, 1.807) is 31.2 Å². The molecule has 0 aliphatic heterocycles. The third-order valence-corrected chi connectivity index (χ3v) is 6.80. The highest BCUT2D eigenvalue weighted by molar-refractivity contribution is 7.80. The molecule has 0 bridgehead atoms. The summed E-state index contributed by atoms with van der Waals surface area (Å²) in [5.74, 6) is -0.457. The molecule has 3 nitrogen and oxygen atoms in total. The van der Waals surface area contributed by atoms with E-state index in [-0.39, 0.29) is 0 Å². The van der Waals surface area contributed by atoms with E-state index < -0.39 is 18.8 Å². The first-order valence-corrected chi connectivity index (χ1v) is 8.17. The number of esters is 1. The van der Waals surface area contributed by atoms with E-state index >= 15 is 0 Å². The Morgan fingerprint density at radius 2 is 1.35 bits per heavy atom. The summed E-state index contributed by atoms with van der Waals surface area (Å²) in [4.78, 5) is 11.9. The molecular formula is C16H17O3P. The zero-order valence-corrected chi connectivity index (χ0v) is 12.4. The number of carbonyl (C=O) groups is 1. The Bertz CT molecular complexity index is 579. The van der Waals surface area contributed by atoms with Gasteiger partial charge in [0.1, 0.15) is 5.66 Å². The summed E-state index contributed by atoms with van der Waals surface area (Å²) in [7, 11) is -1.74. The van der Waals surface area contributed by atoms with Crippen LogP contribution in [0.25, 0.3) is 0 Å². The molecule has 0 aliphatic carbocycles. The molecule has 2 aromatic carbocycles. The third-order valence-electron chi connectivity index (χ3n) is 3.37. The van der Waals surface area contributed by atoms with Gasteiger partial charge >= 0.3 is 5.97 Å². The monoisotopic (exact) mass is 288 g/mol. The lowest BCUT2D eigenvalue weighted by Crippen LogP contribution is -2.30. The smallest absolute Gasteiger partial charge is 0.316 e. The zero-order chi connectivity index (χ0) is 14.6. The first kappa shape index (κ1) is 14.5. The van der Waals surface area contributed by atoms with E-state index in [4.69, 9.17) is 4.74 Å². The zero-order valence-electron chi connectivity index (χ0n) is 11.5. The van der Waals surface area contributed by atoms with Crippen LogP contribution in [0.2, 0.25) is 0 Å². The van der Waals surface area contributed by atoms with Gasteiger partial charge in [0.2, 0.25) is 0 Å². The minimum Gasteiger partial charge on any atom is -0.468 e.